The number of furan rings is 1. The van der Waals surface area contributed by atoms with Crippen molar-refractivity contribution in [1.82, 2.24) is 9.97 Å². The summed E-state index contributed by atoms with van der Waals surface area (Å²) in [6, 6.07) is 30.6. The zero-order chi connectivity index (χ0) is 31.9. The Kier molecular flexibility index (Phi) is 7.86. The summed E-state index contributed by atoms with van der Waals surface area (Å²) in [4.78, 5) is 10.1. The Hall–Kier alpha value is -3.63. The minimum Gasteiger partial charge on any atom is -0.499 e. The molecule has 0 amide bonds. The summed E-state index contributed by atoms with van der Waals surface area (Å²) in [6.07, 6.45) is 4.01. The van der Waals surface area contributed by atoms with E-state index in [4.69, 9.17) is 8.53 Å². The maximum atomic E-state index is 7.95. The van der Waals surface area contributed by atoms with Crippen molar-refractivity contribution in [1.29, 1.82) is 0 Å². The molecule has 3 aromatic carbocycles. The molecular weight excluding hydrogens is 725 g/mol. The SMILES string of the molecule is Cc1ccc(-c2[c-]cccc2)nc1.[2H]C([2H])([2H])c1cnc(-c2[c-]ccc3c2oc2c3ccc3cc(C)sc32)cc1CC(C)(C)C.[Ir]. The Balaban J connectivity index is 0.000000250. The zero-order valence-electron chi connectivity index (χ0n) is 27.8. The molecule has 0 fully saturated rings. The summed E-state index contributed by atoms with van der Waals surface area (Å²) in [6.45, 7) is 8.26. The third-order valence-corrected chi connectivity index (χ3v) is 8.14. The van der Waals surface area contributed by atoms with Crippen molar-refractivity contribution in [3.8, 4) is 22.5 Å². The van der Waals surface area contributed by atoms with Gasteiger partial charge in [-0.15, -0.1) is 65.4 Å². The first-order valence-electron chi connectivity index (χ1n) is 15.5. The molecular formula is C38H34IrN2OS-2. The van der Waals surface area contributed by atoms with E-state index in [2.05, 4.69) is 74.1 Å². The molecule has 0 saturated heterocycles. The van der Waals surface area contributed by atoms with Crippen LogP contribution in [0.5, 0.6) is 0 Å². The van der Waals surface area contributed by atoms with Crippen LogP contribution in [0.25, 0.3) is 54.5 Å². The van der Waals surface area contributed by atoms with E-state index in [9.17, 15) is 0 Å². The van der Waals surface area contributed by atoms with E-state index in [-0.39, 0.29) is 25.5 Å². The van der Waals surface area contributed by atoms with Crippen molar-refractivity contribution in [2.75, 3.05) is 0 Å². The van der Waals surface area contributed by atoms with Crippen LogP contribution >= 0.6 is 11.3 Å². The van der Waals surface area contributed by atoms with Crippen molar-refractivity contribution >= 4 is 43.4 Å². The second kappa shape index (κ2) is 12.5. The number of thiophene rings is 1. The van der Waals surface area contributed by atoms with Crippen LogP contribution in [0.15, 0.2) is 89.6 Å². The molecule has 4 heterocycles. The first kappa shape index (κ1) is 27.0. The normalized spacial score (nSPS) is 12.7. The Morgan fingerprint density at radius 1 is 0.860 bits per heavy atom. The van der Waals surface area contributed by atoms with Crippen LogP contribution in [0.2, 0.25) is 0 Å². The van der Waals surface area contributed by atoms with E-state index in [1.807, 2.05) is 61.7 Å². The Morgan fingerprint density at radius 2 is 1.67 bits per heavy atom. The van der Waals surface area contributed by atoms with Crippen molar-refractivity contribution in [2.45, 2.75) is 47.9 Å². The molecule has 43 heavy (non-hydrogen) atoms. The Bertz CT molecular complexity index is 2130. The number of aromatic nitrogens is 2. The topological polar surface area (TPSA) is 38.9 Å². The average molecular weight is 762 g/mol. The molecule has 1 radical (unpaired) electrons. The molecule has 3 nitrogen and oxygen atoms in total. The third kappa shape index (κ3) is 6.65. The number of fused-ring (bicyclic) bond motifs is 5. The molecule has 219 valence electrons. The van der Waals surface area contributed by atoms with Crippen LogP contribution in [-0.4, -0.2) is 9.97 Å². The Morgan fingerprint density at radius 3 is 2.40 bits per heavy atom. The molecule has 0 aliphatic rings. The second-order valence-corrected chi connectivity index (χ2v) is 13.1. The molecule has 0 atom stereocenters. The summed E-state index contributed by atoms with van der Waals surface area (Å²) in [5.74, 6) is 0. The van der Waals surface area contributed by atoms with Crippen LogP contribution in [0.4, 0.5) is 0 Å². The summed E-state index contributed by atoms with van der Waals surface area (Å²) in [5.41, 5.74) is 7.30. The first-order chi connectivity index (χ1) is 21.4. The minimum atomic E-state index is -2.20. The smallest absolute Gasteiger partial charge is 0.138 e. The molecule has 0 saturated carbocycles. The monoisotopic (exact) mass is 762 g/mol. The van der Waals surface area contributed by atoms with Gasteiger partial charge in [0.05, 0.1) is 10.3 Å². The number of benzene rings is 3. The average Bonchev–Trinajstić information content (AvgIpc) is 3.56. The van der Waals surface area contributed by atoms with E-state index in [1.165, 1.54) is 22.0 Å². The number of hydrogen-bond acceptors (Lipinski definition) is 4. The molecule has 0 N–H and O–H groups in total. The quantitative estimate of drug-likeness (QED) is 0.168. The minimum absolute atomic E-state index is 0. The molecule has 0 unspecified atom stereocenters. The van der Waals surface area contributed by atoms with Gasteiger partial charge < -0.3 is 14.4 Å². The third-order valence-electron chi connectivity index (χ3n) is 7.07. The fraction of sp³-hybridized carbons (Fsp3) is 0.211. The van der Waals surface area contributed by atoms with Gasteiger partial charge in [-0.3, -0.25) is 0 Å². The number of rotatable bonds is 3. The van der Waals surface area contributed by atoms with Gasteiger partial charge in [0.1, 0.15) is 5.58 Å². The van der Waals surface area contributed by atoms with Gasteiger partial charge in [-0.05, 0) is 66.5 Å². The molecule has 0 bridgehead atoms. The molecule has 4 aromatic heterocycles. The predicted molar refractivity (Wildman–Crippen MR) is 177 cm³/mol. The van der Waals surface area contributed by atoms with Crippen molar-refractivity contribution < 1.29 is 28.6 Å². The molecule has 7 rings (SSSR count). The van der Waals surface area contributed by atoms with Gasteiger partial charge >= 0.3 is 0 Å². The van der Waals surface area contributed by atoms with Crippen LogP contribution in [0, 0.1) is 38.2 Å². The number of nitrogens with zero attached hydrogens (tertiary/aromatic N) is 2. The first-order valence-corrected chi connectivity index (χ1v) is 14.8. The maximum absolute atomic E-state index is 7.95. The fourth-order valence-corrected chi connectivity index (χ4v) is 6.14. The second-order valence-electron chi connectivity index (χ2n) is 11.9. The summed E-state index contributed by atoms with van der Waals surface area (Å²) in [5, 5.41) is 3.26. The Labute approximate surface area is 275 Å². The van der Waals surface area contributed by atoms with Crippen LogP contribution in [0.3, 0.4) is 0 Å². The number of hydrogen-bond donors (Lipinski definition) is 0. The van der Waals surface area contributed by atoms with Gasteiger partial charge in [-0.2, -0.15) is 0 Å². The standard InChI is InChI=1S/C26H24NOS.C12H10N.Ir/c1-15-14-27-22(12-18(15)13-26(3,4)5)21-8-6-7-19-20-10-9-17-11-16(2)29-25(17)24(20)28-23(19)21;1-10-7-8-12(13-9-10)11-5-3-2-4-6-11;/h6-7,9-12,14H,13H2,1-5H3;2-5,7-9H,1H3;/q2*-1;/i1D3;;. The molecule has 0 aliphatic heterocycles. The summed E-state index contributed by atoms with van der Waals surface area (Å²) >= 11 is 1.73. The number of pyridine rings is 2. The van der Waals surface area contributed by atoms with Crippen LogP contribution in [0.1, 0.15) is 46.5 Å². The molecule has 0 spiro atoms. The van der Waals surface area contributed by atoms with E-state index in [0.717, 1.165) is 49.0 Å². The van der Waals surface area contributed by atoms with Gasteiger partial charge in [-0.1, -0.05) is 67.6 Å². The fourth-order valence-electron chi connectivity index (χ4n) is 5.15. The zero-order valence-corrected chi connectivity index (χ0v) is 28.0. The number of aryl methyl sites for hydroxylation is 3. The van der Waals surface area contributed by atoms with Crippen molar-refractivity contribution in [3.63, 3.8) is 0 Å². The van der Waals surface area contributed by atoms with Crippen molar-refractivity contribution in [2.24, 2.45) is 5.41 Å². The molecule has 5 heteroatoms. The molecule has 7 aromatic rings. The predicted octanol–water partition coefficient (Wildman–Crippen LogP) is 10.7. The summed E-state index contributed by atoms with van der Waals surface area (Å²) < 4.78 is 31.4. The van der Waals surface area contributed by atoms with Gasteiger partial charge in [0.15, 0.2) is 0 Å². The van der Waals surface area contributed by atoms with E-state index in [0.29, 0.717) is 17.7 Å². The maximum Gasteiger partial charge on any atom is 0.138 e. The van der Waals surface area contributed by atoms with E-state index < -0.39 is 6.85 Å². The largest absolute Gasteiger partial charge is 0.499 e. The molecule has 0 aliphatic carbocycles. The summed E-state index contributed by atoms with van der Waals surface area (Å²) in [7, 11) is 0. The van der Waals surface area contributed by atoms with Gasteiger partial charge in [0.2, 0.25) is 0 Å². The van der Waals surface area contributed by atoms with Gasteiger partial charge in [0.25, 0.3) is 0 Å². The van der Waals surface area contributed by atoms with Crippen LogP contribution < -0.4 is 0 Å². The van der Waals surface area contributed by atoms with E-state index >= 15 is 0 Å². The van der Waals surface area contributed by atoms with Gasteiger partial charge in [0, 0.05) is 46.9 Å². The van der Waals surface area contributed by atoms with Crippen LogP contribution in [-0.2, 0) is 26.5 Å². The van der Waals surface area contributed by atoms with Crippen molar-refractivity contribution in [3.05, 3.63) is 119 Å². The van der Waals surface area contributed by atoms with Gasteiger partial charge in [-0.25, -0.2) is 0 Å². The van der Waals surface area contributed by atoms with E-state index in [1.54, 1.807) is 11.3 Å².